The van der Waals surface area contributed by atoms with Crippen molar-refractivity contribution < 1.29 is 4.42 Å². The molecule has 0 aliphatic heterocycles. The molecular formula is C7H6ClN5OS. The third-order valence-corrected chi connectivity index (χ3v) is 2.31. The van der Waals surface area contributed by atoms with Crippen molar-refractivity contribution in [1.82, 2.24) is 19.9 Å². The summed E-state index contributed by atoms with van der Waals surface area (Å²) in [6.45, 7) is 0. The normalized spacial score (nSPS) is 10.3. The van der Waals surface area contributed by atoms with E-state index in [0.29, 0.717) is 16.3 Å². The summed E-state index contributed by atoms with van der Waals surface area (Å²) < 4.78 is 5.04. The molecule has 1 N–H and O–H groups in total. The first kappa shape index (κ1) is 10.2. The lowest BCUT2D eigenvalue weighted by molar-refractivity contribution is 0.453. The molecule has 0 atom stereocenters. The maximum Gasteiger partial charge on any atom is 0.263 e. The summed E-state index contributed by atoms with van der Waals surface area (Å²) >= 11 is 6.88. The van der Waals surface area contributed by atoms with E-state index >= 15 is 0 Å². The van der Waals surface area contributed by atoms with E-state index in [0.717, 1.165) is 0 Å². The molecule has 0 aromatic carbocycles. The molecular weight excluding hydrogens is 238 g/mol. The van der Waals surface area contributed by atoms with Crippen LogP contribution in [0.4, 0.5) is 5.95 Å². The zero-order valence-electron chi connectivity index (χ0n) is 7.64. The molecule has 0 aliphatic carbocycles. The number of anilines is 1. The molecule has 0 unspecified atom stereocenters. The van der Waals surface area contributed by atoms with E-state index in [1.807, 2.05) is 0 Å². The summed E-state index contributed by atoms with van der Waals surface area (Å²) in [5.74, 6) is 0.407. The Hall–Kier alpha value is -1.34. The fraction of sp³-hybridized carbons (Fsp3) is 0.143. The minimum absolute atomic E-state index is 0.128. The molecule has 0 radical (unpaired) electrons. The van der Waals surface area contributed by atoms with Gasteiger partial charge in [-0.2, -0.15) is 15.0 Å². The van der Waals surface area contributed by atoms with Gasteiger partial charge in [0.2, 0.25) is 16.4 Å². The van der Waals surface area contributed by atoms with Gasteiger partial charge < -0.3 is 9.73 Å². The van der Waals surface area contributed by atoms with Crippen LogP contribution in [0, 0.1) is 0 Å². The fourth-order valence-corrected chi connectivity index (χ4v) is 1.68. The average molecular weight is 244 g/mol. The van der Waals surface area contributed by atoms with Gasteiger partial charge in [0.1, 0.15) is 6.26 Å². The van der Waals surface area contributed by atoms with Gasteiger partial charge >= 0.3 is 0 Å². The summed E-state index contributed by atoms with van der Waals surface area (Å²) in [4.78, 5) is 15.8. The van der Waals surface area contributed by atoms with Gasteiger partial charge in [-0.15, -0.1) is 0 Å². The van der Waals surface area contributed by atoms with Gasteiger partial charge in [0.05, 0.1) is 6.20 Å². The molecule has 8 heteroatoms. The molecule has 0 saturated heterocycles. The van der Waals surface area contributed by atoms with E-state index in [1.54, 1.807) is 13.2 Å². The molecule has 0 saturated carbocycles. The number of halogens is 1. The van der Waals surface area contributed by atoms with Gasteiger partial charge in [0.15, 0.2) is 0 Å². The Labute approximate surface area is 94.5 Å². The molecule has 0 aliphatic rings. The van der Waals surface area contributed by atoms with E-state index in [1.165, 1.54) is 18.0 Å². The molecule has 0 spiro atoms. The van der Waals surface area contributed by atoms with Crippen molar-refractivity contribution >= 4 is 29.3 Å². The van der Waals surface area contributed by atoms with Crippen LogP contribution in [0.2, 0.25) is 5.28 Å². The number of nitrogens with zero attached hydrogens (tertiary/aromatic N) is 4. The van der Waals surface area contributed by atoms with Crippen molar-refractivity contribution in [3.05, 3.63) is 17.7 Å². The molecule has 2 aromatic heterocycles. The first-order chi connectivity index (χ1) is 7.28. The van der Waals surface area contributed by atoms with Crippen LogP contribution in [-0.4, -0.2) is 27.0 Å². The van der Waals surface area contributed by atoms with Crippen molar-refractivity contribution in [1.29, 1.82) is 0 Å². The van der Waals surface area contributed by atoms with Gasteiger partial charge in [-0.25, -0.2) is 4.98 Å². The zero-order chi connectivity index (χ0) is 10.7. The molecule has 2 rings (SSSR count). The van der Waals surface area contributed by atoms with Crippen molar-refractivity contribution in [2.24, 2.45) is 0 Å². The lowest BCUT2D eigenvalue weighted by atomic mass is 10.9. The largest absolute Gasteiger partial charge is 0.440 e. The summed E-state index contributed by atoms with van der Waals surface area (Å²) in [6.07, 6.45) is 3.02. The summed E-state index contributed by atoms with van der Waals surface area (Å²) in [6, 6.07) is 0. The zero-order valence-corrected chi connectivity index (χ0v) is 9.21. The van der Waals surface area contributed by atoms with Gasteiger partial charge in [0, 0.05) is 18.8 Å². The molecule has 78 valence electrons. The lowest BCUT2D eigenvalue weighted by Crippen LogP contribution is -1.99. The number of oxazole rings is 1. The van der Waals surface area contributed by atoms with E-state index in [2.05, 4.69) is 25.3 Å². The predicted molar refractivity (Wildman–Crippen MR) is 55.0 cm³/mol. The van der Waals surface area contributed by atoms with E-state index in [9.17, 15) is 0 Å². The Morgan fingerprint density at radius 1 is 1.40 bits per heavy atom. The Morgan fingerprint density at radius 2 is 2.27 bits per heavy atom. The maximum absolute atomic E-state index is 5.70. The van der Waals surface area contributed by atoms with Crippen molar-refractivity contribution in [2.75, 3.05) is 12.4 Å². The Kier molecular flexibility index (Phi) is 3.02. The van der Waals surface area contributed by atoms with Gasteiger partial charge in [-0.3, -0.25) is 0 Å². The van der Waals surface area contributed by atoms with Crippen molar-refractivity contribution in [3.63, 3.8) is 0 Å². The van der Waals surface area contributed by atoms with Crippen LogP contribution in [0.1, 0.15) is 0 Å². The second-order valence-corrected chi connectivity index (χ2v) is 3.62. The number of aromatic nitrogens is 4. The lowest BCUT2D eigenvalue weighted by Gasteiger charge is -2.00. The summed E-state index contributed by atoms with van der Waals surface area (Å²) in [5.41, 5.74) is 0. The van der Waals surface area contributed by atoms with Crippen LogP contribution in [0.15, 0.2) is 27.3 Å². The second-order valence-electron chi connectivity index (χ2n) is 2.36. The van der Waals surface area contributed by atoms with Crippen LogP contribution >= 0.6 is 23.4 Å². The molecule has 6 nitrogen and oxygen atoms in total. The van der Waals surface area contributed by atoms with Crippen LogP contribution in [-0.2, 0) is 0 Å². The highest BCUT2D eigenvalue weighted by Gasteiger charge is 2.08. The SMILES string of the molecule is CNc1nc(Cl)nc(Sc2ncco2)n1. The van der Waals surface area contributed by atoms with Gasteiger partial charge in [-0.05, 0) is 11.6 Å². The number of rotatable bonds is 3. The first-order valence-corrected chi connectivity index (χ1v) is 5.14. The number of hydrogen-bond donors (Lipinski definition) is 1. The third-order valence-electron chi connectivity index (χ3n) is 1.40. The highest BCUT2D eigenvalue weighted by atomic mass is 35.5. The monoisotopic (exact) mass is 243 g/mol. The van der Waals surface area contributed by atoms with E-state index in [-0.39, 0.29) is 5.28 Å². The van der Waals surface area contributed by atoms with Crippen molar-refractivity contribution in [2.45, 2.75) is 10.4 Å². The van der Waals surface area contributed by atoms with E-state index in [4.69, 9.17) is 16.0 Å². The smallest absolute Gasteiger partial charge is 0.263 e. The topological polar surface area (TPSA) is 76.7 Å². The van der Waals surface area contributed by atoms with Crippen LogP contribution in [0.3, 0.4) is 0 Å². The average Bonchev–Trinajstić information content (AvgIpc) is 2.69. The van der Waals surface area contributed by atoms with Gasteiger partial charge in [0.25, 0.3) is 5.22 Å². The predicted octanol–water partition coefficient (Wildman–Crippen LogP) is 1.71. The number of hydrogen-bond acceptors (Lipinski definition) is 7. The highest BCUT2D eigenvalue weighted by molar-refractivity contribution is 7.98. The highest BCUT2D eigenvalue weighted by Crippen LogP contribution is 2.23. The molecule has 0 amide bonds. The standard InChI is InChI=1S/C7H6ClN5OS/c1-9-5-11-4(8)12-6(13-5)15-7-10-2-3-14-7/h2-3H,1H3,(H,9,11,12,13). The van der Waals surface area contributed by atoms with Crippen LogP contribution in [0.25, 0.3) is 0 Å². The van der Waals surface area contributed by atoms with Gasteiger partial charge in [-0.1, -0.05) is 0 Å². The molecule has 0 fully saturated rings. The van der Waals surface area contributed by atoms with Crippen molar-refractivity contribution in [3.8, 4) is 0 Å². The minimum Gasteiger partial charge on any atom is -0.440 e. The Morgan fingerprint density at radius 3 is 2.93 bits per heavy atom. The Bertz CT molecular complexity index is 449. The number of nitrogens with one attached hydrogen (secondary N) is 1. The third kappa shape index (κ3) is 2.57. The summed E-state index contributed by atoms with van der Waals surface area (Å²) in [5, 5.41) is 3.79. The summed E-state index contributed by atoms with van der Waals surface area (Å²) in [7, 11) is 1.70. The maximum atomic E-state index is 5.70. The fourth-order valence-electron chi connectivity index (χ4n) is 0.828. The molecule has 2 heterocycles. The minimum atomic E-state index is 0.128. The van der Waals surface area contributed by atoms with Crippen LogP contribution in [0.5, 0.6) is 0 Å². The van der Waals surface area contributed by atoms with Crippen LogP contribution < -0.4 is 5.32 Å². The quantitative estimate of drug-likeness (QED) is 0.879. The van der Waals surface area contributed by atoms with E-state index < -0.39 is 0 Å². The molecule has 0 bridgehead atoms. The molecule has 2 aromatic rings. The first-order valence-electron chi connectivity index (χ1n) is 3.94. The Balaban J connectivity index is 2.24. The second kappa shape index (κ2) is 4.45. The molecule has 15 heavy (non-hydrogen) atoms.